The maximum atomic E-state index is 13.5. The molecule has 8 heteroatoms. The second-order valence-corrected chi connectivity index (χ2v) is 11.1. The summed E-state index contributed by atoms with van der Waals surface area (Å²) in [6.07, 6.45) is 2.12. The van der Waals surface area contributed by atoms with Crippen LogP contribution < -0.4 is 10.6 Å². The number of Topliss-reactive ketones (excluding diaryl/α,β-unsaturated/α-hetero) is 1. The standard InChI is InChI=1S/C34H38N4O4/c1-6-30(39)27-20-29-28(19-22(27)3)31(33(40)36-29)32(23-10-8-7-9-11-23)35-24-12-13-26(21(2)18-24)34(41)38(42-5)25-14-16-37(4)17-15-25/h7-13,18-20,25,35H,6,14-17H2,1-5H3,(H,36,40)/b32-31-. The Balaban J connectivity index is 1.51. The van der Waals surface area contributed by atoms with Crippen molar-refractivity contribution in [2.75, 3.05) is 37.9 Å². The number of hydrogen-bond donors (Lipinski definition) is 2. The van der Waals surface area contributed by atoms with E-state index in [0.717, 1.165) is 53.9 Å². The Labute approximate surface area is 247 Å². The van der Waals surface area contributed by atoms with E-state index < -0.39 is 0 Å². The monoisotopic (exact) mass is 566 g/mol. The zero-order valence-electron chi connectivity index (χ0n) is 24.9. The number of ketones is 1. The molecule has 3 aromatic rings. The van der Waals surface area contributed by atoms with Gasteiger partial charge >= 0.3 is 0 Å². The van der Waals surface area contributed by atoms with Gasteiger partial charge in [0.1, 0.15) is 0 Å². The number of hydrogen-bond acceptors (Lipinski definition) is 6. The second-order valence-electron chi connectivity index (χ2n) is 11.1. The molecule has 0 atom stereocenters. The molecule has 0 aromatic heterocycles. The SMILES string of the molecule is CCC(=O)c1cc2c(cc1C)/C(=C(/Nc1ccc(C(=O)N(OC)C3CCN(C)CC3)c(C)c1)c1ccccc1)C(=O)N2. The summed E-state index contributed by atoms with van der Waals surface area (Å²) in [6.45, 7) is 7.47. The van der Waals surface area contributed by atoms with E-state index in [1.165, 1.54) is 5.06 Å². The van der Waals surface area contributed by atoms with Crippen LogP contribution in [0.1, 0.15) is 69.2 Å². The van der Waals surface area contributed by atoms with Gasteiger partial charge in [-0.3, -0.25) is 19.2 Å². The van der Waals surface area contributed by atoms with E-state index in [2.05, 4.69) is 22.6 Å². The largest absolute Gasteiger partial charge is 0.354 e. The Bertz CT molecular complexity index is 1560. The summed E-state index contributed by atoms with van der Waals surface area (Å²) in [5, 5.41) is 7.96. The summed E-state index contributed by atoms with van der Waals surface area (Å²) in [4.78, 5) is 47.3. The molecule has 2 aliphatic rings. The van der Waals surface area contributed by atoms with Crippen LogP contribution in [0.25, 0.3) is 11.3 Å². The van der Waals surface area contributed by atoms with Crippen LogP contribution in [0, 0.1) is 13.8 Å². The van der Waals surface area contributed by atoms with Crippen LogP contribution in [0.15, 0.2) is 60.7 Å². The van der Waals surface area contributed by atoms with E-state index in [0.29, 0.717) is 34.5 Å². The highest BCUT2D eigenvalue weighted by Crippen LogP contribution is 2.39. The second kappa shape index (κ2) is 12.3. The molecule has 0 spiro atoms. The van der Waals surface area contributed by atoms with Crippen molar-refractivity contribution < 1.29 is 19.2 Å². The van der Waals surface area contributed by atoms with Crippen molar-refractivity contribution in [1.29, 1.82) is 0 Å². The van der Waals surface area contributed by atoms with Crippen LogP contribution in [-0.4, -0.2) is 60.8 Å². The number of anilines is 2. The van der Waals surface area contributed by atoms with E-state index in [1.807, 2.05) is 75.4 Å². The summed E-state index contributed by atoms with van der Waals surface area (Å²) < 4.78 is 0. The van der Waals surface area contributed by atoms with Gasteiger partial charge in [0.15, 0.2) is 5.78 Å². The third-order valence-corrected chi connectivity index (χ3v) is 8.19. The van der Waals surface area contributed by atoms with Crippen molar-refractivity contribution in [2.45, 2.75) is 46.1 Å². The van der Waals surface area contributed by atoms with E-state index in [1.54, 1.807) is 13.2 Å². The third kappa shape index (κ3) is 5.73. The van der Waals surface area contributed by atoms with Gasteiger partial charge in [-0.25, -0.2) is 5.06 Å². The molecule has 0 radical (unpaired) electrons. The summed E-state index contributed by atoms with van der Waals surface area (Å²) in [7, 11) is 3.64. The number of nitrogens with zero attached hydrogens (tertiary/aromatic N) is 2. The molecule has 0 aliphatic carbocycles. The lowest BCUT2D eigenvalue weighted by Gasteiger charge is -2.35. The van der Waals surface area contributed by atoms with Gasteiger partial charge in [-0.2, -0.15) is 0 Å². The average molecular weight is 567 g/mol. The van der Waals surface area contributed by atoms with Crippen molar-refractivity contribution in [3.8, 4) is 0 Å². The molecule has 8 nitrogen and oxygen atoms in total. The predicted molar refractivity (Wildman–Crippen MR) is 166 cm³/mol. The molecule has 0 saturated carbocycles. The number of carbonyl (C=O) groups excluding carboxylic acids is 3. The molecule has 2 aliphatic heterocycles. The molecule has 0 bridgehead atoms. The van der Waals surface area contributed by atoms with Crippen LogP contribution >= 0.6 is 0 Å². The van der Waals surface area contributed by atoms with Crippen LogP contribution in [0.3, 0.4) is 0 Å². The topological polar surface area (TPSA) is 91.0 Å². The van der Waals surface area contributed by atoms with Gasteiger partial charge < -0.3 is 15.5 Å². The molecule has 1 fully saturated rings. The quantitative estimate of drug-likeness (QED) is 0.200. The van der Waals surface area contributed by atoms with Crippen LogP contribution in [0.2, 0.25) is 0 Å². The zero-order valence-corrected chi connectivity index (χ0v) is 24.9. The van der Waals surface area contributed by atoms with Crippen LogP contribution in [0.5, 0.6) is 0 Å². The summed E-state index contributed by atoms with van der Waals surface area (Å²) >= 11 is 0. The van der Waals surface area contributed by atoms with E-state index in [4.69, 9.17) is 4.84 Å². The number of hydroxylamine groups is 2. The molecule has 5 rings (SSSR count). The number of benzene rings is 3. The number of rotatable bonds is 8. The van der Waals surface area contributed by atoms with Crippen molar-refractivity contribution in [1.82, 2.24) is 9.96 Å². The van der Waals surface area contributed by atoms with Gasteiger partial charge in [0.05, 0.1) is 24.4 Å². The number of aryl methyl sites for hydroxylation is 2. The first-order valence-electron chi connectivity index (χ1n) is 14.4. The highest BCUT2D eigenvalue weighted by molar-refractivity contribution is 6.37. The molecular weight excluding hydrogens is 528 g/mol. The van der Waals surface area contributed by atoms with Gasteiger partial charge in [-0.1, -0.05) is 37.3 Å². The molecule has 2 heterocycles. The number of nitrogens with one attached hydrogen (secondary N) is 2. The lowest BCUT2D eigenvalue weighted by molar-refractivity contribution is -0.132. The fourth-order valence-electron chi connectivity index (χ4n) is 5.82. The first-order valence-corrected chi connectivity index (χ1v) is 14.4. The van der Waals surface area contributed by atoms with Crippen molar-refractivity contribution >= 4 is 40.2 Å². The third-order valence-electron chi connectivity index (χ3n) is 8.19. The van der Waals surface area contributed by atoms with E-state index in [-0.39, 0.29) is 23.6 Å². The molecule has 218 valence electrons. The van der Waals surface area contributed by atoms with Gasteiger partial charge in [0.2, 0.25) is 0 Å². The Morgan fingerprint density at radius 3 is 2.33 bits per heavy atom. The molecule has 42 heavy (non-hydrogen) atoms. The maximum absolute atomic E-state index is 13.5. The fourth-order valence-corrected chi connectivity index (χ4v) is 5.82. The summed E-state index contributed by atoms with van der Waals surface area (Å²) in [5.41, 5.74) is 6.91. The van der Waals surface area contributed by atoms with E-state index >= 15 is 0 Å². The minimum Gasteiger partial charge on any atom is -0.354 e. The minimum atomic E-state index is -0.241. The highest BCUT2D eigenvalue weighted by Gasteiger charge is 2.31. The number of likely N-dealkylation sites (tertiary alicyclic amines) is 1. The highest BCUT2D eigenvalue weighted by atomic mass is 16.7. The minimum absolute atomic E-state index is 0.0304. The lowest BCUT2D eigenvalue weighted by Crippen LogP contribution is -2.46. The predicted octanol–water partition coefficient (Wildman–Crippen LogP) is 5.93. The van der Waals surface area contributed by atoms with Gasteiger partial charge in [0.25, 0.3) is 11.8 Å². The normalized spacial score (nSPS) is 16.5. The molecule has 2 N–H and O–H groups in total. The van der Waals surface area contributed by atoms with Gasteiger partial charge in [-0.05, 0) is 93.8 Å². The van der Waals surface area contributed by atoms with Gasteiger partial charge in [0, 0.05) is 34.5 Å². The van der Waals surface area contributed by atoms with Crippen molar-refractivity contribution in [2.24, 2.45) is 0 Å². The van der Waals surface area contributed by atoms with E-state index in [9.17, 15) is 14.4 Å². The molecule has 0 unspecified atom stereocenters. The Kier molecular flexibility index (Phi) is 8.56. The first kappa shape index (κ1) is 29.2. The molecule has 3 aromatic carbocycles. The van der Waals surface area contributed by atoms with Crippen LogP contribution in [-0.2, 0) is 9.63 Å². The van der Waals surface area contributed by atoms with Crippen LogP contribution in [0.4, 0.5) is 11.4 Å². The number of fused-ring (bicyclic) bond motifs is 1. The average Bonchev–Trinajstić information content (AvgIpc) is 3.30. The fraction of sp³-hybridized carbons (Fsp3) is 0.324. The summed E-state index contributed by atoms with van der Waals surface area (Å²) in [5.74, 6) is -0.361. The molecular formula is C34H38N4O4. The Hall–Kier alpha value is -4.27. The molecule has 1 saturated heterocycles. The number of amides is 2. The zero-order chi connectivity index (χ0) is 30.0. The number of carbonyl (C=O) groups is 3. The molecule has 2 amide bonds. The van der Waals surface area contributed by atoms with Gasteiger partial charge in [-0.15, -0.1) is 0 Å². The summed E-state index contributed by atoms with van der Waals surface area (Å²) in [6, 6.07) is 19.0. The number of piperidine rings is 1. The van der Waals surface area contributed by atoms with Crippen molar-refractivity contribution in [3.05, 3.63) is 94.0 Å². The first-order chi connectivity index (χ1) is 20.2. The Morgan fingerprint density at radius 1 is 1.00 bits per heavy atom. The van der Waals surface area contributed by atoms with Crippen molar-refractivity contribution in [3.63, 3.8) is 0 Å². The smallest absolute Gasteiger partial charge is 0.277 e. The Morgan fingerprint density at radius 2 is 1.69 bits per heavy atom. The lowest BCUT2D eigenvalue weighted by atomic mass is 9.94. The maximum Gasteiger partial charge on any atom is 0.277 e.